The highest BCUT2D eigenvalue weighted by molar-refractivity contribution is 9.10. The summed E-state index contributed by atoms with van der Waals surface area (Å²) in [6.07, 6.45) is 4.51. The van der Waals surface area contributed by atoms with E-state index in [1.54, 1.807) is 6.07 Å². The zero-order valence-corrected chi connectivity index (χ0v) is 13.2. The topological polar surface area (TPSA) is 91.6 Å². The van der Waals surface area contributed by atoms with Crippen LogP contribution in [0.25, 0.3) is 0 Å². The molecule has 0 unspecified atom stereocenters. The number of nitrogens with one attached hydrogen (secondary N) is 2. The van der Waals surface area contributed by atoms with Crippen molar-refractivity contribution in [1.82, 2.24) is 10.6 Å². The molecule has 2 amide bonds. The minimum absolute atomic E-state index is 0.139. The van der Waals surface area contributed by atoms with Crippen LogP contribution < -0.4 is 10.6 Å². The van der Waals surface area contributed by atoms with Crippen molar-refractivity contribution in [2.24, 2.45) is 0 Å². The maximum absolute atomic E-state index is 11.7. The smallest absolute Gasteiger partial charge is 0.287 e. The summed E-state index contributed by atoms with van der Waals surface area (Å²) in [7, 11) is 0. The molecular weight excluding hydrogens is 340 g/mol. The Bertz CT molecular complexity index is 509. The van der Waals surface area contributed by atoms with E-state index < -0.39 is 11.5 Å². The molecule has 1 saturated carbocycles. The third kappa shape index (κ3) is 4.86. The van der Waals surface area contributed by atoms with Crippen molar-refractivity contribution < 1.29 is 19.1 Å². The highest BCUT2D eigenvalue weighted by Gasteiger charge is 2.29. The van der Waals surface area contributed by atoms with Crippen molar-refractivity contribution in [3.8, 4) is 0 Å². The second-order valence-corrected chi connectivity index (χ2v) is 6.13. The van der Waals surface area contributed by atoms with Crippen LogP contribution in [0.2, 0.25) is 0 Å². The Morgan fingerprint density at radius 3 is 2.57 bits per heavy atom. The van der Waals surface area contributed by atoms with Gasteiger partial charge in [0.05, 0.1) is 12.1 Å². The standard InChI is InChI=1S/C14H19BrN2O4/c15-11-5-4-10(21-11)13(19)16-8-12(18)17-9-14(20)6-2-1-3-7-14/h4-5,20H,1-3,6-9H2,(H,16,19)(H,17,18). The van der Waals surface area contributed by atoms with E-state index in [1.165, 1.54) is 6.07 Å². The van der Waals surface area contributed by atoms with E-state index in [0.29, 0.717) is 17.5 Å². The normalized spacial score (nSPS) is 17.2. The van der Waals surface area contributed by atoms with Gasteiger partial charge in [-0.05, 0) is 40.9 Å². The summed E-state index contributed by atoms with van der Waals surface area (Å²) in [5, 5.41) is 15.4. The van der Waals surface area contributed by atoms with Gasteiger partial charge in [0, 0.05) is 6.54 Å². The van der Waals surface area contributed by atoms with Crippen LogP contribution in [0.1, 0.15) is 42.7 Å². The summed E-state index contributed by atoms with van der Waals surface area (Å²) in [6, 6.07) is 3.12. The van der Waals surface area contributed by atoms with E-state index in [4.69, 9.17) is 4.42 Å². The molecule has 6 nitrogen and oxygen atoms in total. The lowest BCUT2D eigenvalue weighted by atomic mass is 9.85. The Morgan fingerprint density at radius 1 is 1.24 bits per heavy atom. The van der Waals surface area contributed by atoms with Crippen LogP contribution in [-0.4, -0.2) is 35.6 Å². The Morgan fingerprint density at radius 2 is 1.95 bits per heavy atom. The van der Waals surface area contributed by atoms with E-state index in [9.17, 15) is 14.7 Å². The predicted octanol–water partition coefficient (Wildman–Crippen LogP) is 1.58. The molecule has 0 spiro atoms. The number of carbonyl (C=O) groups excluding carboxylic acids is 2. The van der Waals surface area contributed by atoms with Crippen LogP contribution in [0.15, 0.2) is 21.2 Å². The quantitative estimate of drug-likeness (QED) is 0.745. The van der Waals surface area contributed by atoms with Crippen molar-refractivity contribution in [2.75, 3.05) is 13.1 Å². The van der Waals surface area contributed by atoms with Gasteiger partial charge in [0.1, 0.15) is 0 Å². The first kappa shape index (κ1) is 16.0. The van der Waals surface area contributed by atoms with Crippen LogP contribution in [0.4, 0.5) is 0 Å². The first-order valence-corrected chi connectivity index (χ1v) is 7.80. The Labute approximate surface area is 131 Å². The second-order valence-electron chi connectivity index (χ2n) is 5.35. The molecule has 1 aliphatic rings. The first-order valence-electron chi connectivity index (χ1n) is 7.01. The summed E-state index contributed by atoms with van der Waals surface area (Å²) >= 11 is 3.10. The minimum Gasteiger partial charge on any atom is -0.444 e. The van der Waals surface area contributed by atoms with Crippen LogP contribution in [0.5, 0.6) is 0 Å². The minimum atomic E-state index is -0.802. The molecule has 0 atom stereocenters. The van der Waals surface area contributed by atoms with Crippen molar-refractivity contribution in [3.63, 3.8) is 0 Å². The monoisotopic (exact) mass is 358 g/mol. The van der Waals surface area contributed by atoms with Gasteiger partial charge in [0.15, 0.2) is 10.4 Å². The van der Waals surface area contributed by atoms with E-state index in [1.807, 2.05) is 0 Å². The predicted molar refractivity (Wildman–Crippen MR) is 79.8 cm³/mol. The van der Waals surface area contributed by atoms with E-state index in [2.05, 4.69) is 26.6 Å². The number of hydrogen-bond acceptors (Lipinski definition) is 4. The van der Waals surface area contributed by atoms with Gasteiger partial charge in [-0.15, -0.1) is 0 Å². The summed E-state index contributed by atoms with van der Waals surface area (Å²) in [5.41, 5.74) is -0.802. The fourth-order valence-corrected chi connectivity index (χ4v) is 2.70. The SMILES string of the molecule is O=C(CNC(=O)c1ccc(Br)o1)NCC1(O)CCCCC1. The zero-order chi connectivity index (χ0) is 15.3. The van der Waals surface area contributed by atoms with Gasteiger partial charge in [-0.1, -0.05) is 19.3 Å². The van der Waals surface area contributed by atoms with Gasteiger partial charge in [-0.2, -0.15) is 0 Å². The van der Waals surface area contributed by atoms with Gasteiger partial charge < -0.3 is 20.2 Å². The Kier molecular flexibility index (Phi) is 5.41. The molecule has 21 heavy (non-hydrogen) atoms. The summed E-state index contributed by atoms with van der Waals surface area (Å²) < 4.78 is 5.54. The molecule has 0 saturated heterocycles. The molecule has 1 aromatic rings. The number of hydrogen-bond donors (Lipinski definition) is 3. The molecule has 0 aliphatic heterocycles. The molecule has 1 heterocycles. The van der Waals surface area contributed by atoms with Crippen molar-refractivity contribution >= 4 is 27.7 Å². The van der Waals surface area contributed by atoms with Gasteiger partial charge in [-0.3, -0.25) is 9.59 Å². The summed E-state index contributed by atoms with van der Waals surface area (Å²) in [4.78, 5) is 23.4. The molecule has 0 aromatic carbocycles. The molecule has 1 aromatic heterocycles. The van der Waals surface area contributed by atoms with E-state index >= 15 is 0 Å². The van der Waals surface area contributed by atoms with Crippen molar-refractivity contribution in [1.29, 1.82) is 0 Å². The van der Waals surface area contributed by atoms with Crippen molar-refractivity contribution in [3.05, 3.63) is 22.6 Å². The third-order valence-electron chi connectivity index (χ3n) is 3.61. The third-order valence-corrected chi connectivity index (χ3v) is 4.03. The molecule has 2 rings (SSSR count). The molecule has 7 heteroatoms. The number of amides is 2. The molecule has 1 aliphatic carbocycles. The lowest BCUT2D eigenvalue weighted by Crippen LogP contribution is -2.46. The average Bonchev–Trinajstić information content (AvgIpc) is 2.90. The van der Waals surface area contributed by atoms with Gasteiger partial charge in [-0.25, -0.2) is 0 Å². The molecule has 116 valence electrons. The fraction of sp³-hybridized carbons (Fsp3) is 0.571. The molecule has 3 N–H and O–H groups in total. The van der Waals surface area contributed by atoms with E-state index in [-0.39, 0.29) is 24.8 Å². The number of halogens is 1. The largest absolute Gasteiger partial charge is 0.444 e. The maximum atomic E-state index is 11.7. The Balaban J connectivity index is 1.71. The van der Waals surface area contributed by atoms with Gasteiger partial charge >= 0.3 is 0 Å². The maximum Gasteiger partial charge on any atom is 0.287 e. The highest BCUT2D eigenvalue weighted by atomic mass is 79.9. The summed E-state index contributed by atoms with van der Waals surface area (Å²) in [5.74, 6) is -0.638. The van der Waals surface area contributed by atoms with Gasteiger partial charge in [0.25, 0.3) is 5.91 Å². The van der Waals surface area contributed by atoms with Crippen LogP contribution in [0.3, 0.4) is 0 Å². The second kappa shape index (κ2) is 7.09. The fourth-order valence-electron chi connectivity index (χ4n) is 2.40. The molecule has 0 bridgehead atoms. The number of furan rings is 1. The van der Waals surface area contributed by atoms with Crippen molar-refractivity contribution in [2.45, 2.75) is 37.7 Å². The van der Waals surface area contributed by atoms with Crippen LogP contribution >= 0.6 is 15.9 Å². The lowest BCUT2D eigenvalue weighted by Gasteiger charge is -2.32. The number of carbonyl (C=O) groups is 2. The van der Waals surface area contributed by atoms with Crippen LogP contribution in [0, 0.1) is 0 Å². The molecule has 1 fully saturated rings. The van der Waals surface area contributed by atoms with E-state index in [0.717, 1.165) is 19.3 Å². The zero-order valence-electron chi connectivity index (χ0n) is 11.7. The van der Waals surface area contributed by atoms with Gasteiger partial charge in [0.2, 0.25) is 5.91 Å². The first-order chi connectivity index (χ1) is 9.98. The Hall–Kier alpha value is -1.34. The number of aliphatic hydroxyl groups is 1. The lowest BCUT2D eigenvalue weighted by molar-refractivity contribution is -0.121. The molecule has 0 radical (unpaired) electrons. The highest BCUT2D eigenvalue weighted by Crippen LogP contribution is 2.27. The summed E-state index contributed by atoms with van der Waals surface area (Å²) in [6.45, 7) is 0.0846. The number of rotatable bonds is 5. The van der Waals surface area contributed by atoms with Crippen LogP contribution in [-0.2, 0) is 4.79 Å². The average molecular weight is 359 g/mol. The molecular formula is C14H19BrN2O4.